The smallest absolute Gasteiger partial charge is 0.222 e. The first-order valence-corrected chi connectivity index (χ1v) is 5.05. The van der Waals surface area contributed by atoms with Gasteiger partial charge in [0.1, 0.15) is 0 Å². The van der Waals surface area contributed by atoms with E-state index in [-0.39, 0.29) is 5.91 Å². The van der Waals surface area contributed by atoms with Crippen LogP contribution in [0.25, 0.3) is 0 Å². The average Bonchev–Trinajstić information content (AvgIpc) is 2.08. The number of carbonyl (C=O) groups excluding carboxylic acids is 1. The quantitative estimate of drug-likeness (QED) is 0.695. The topological polar surface area (TPSA) is 46.3 Å². The third kappa shape index (κ3) is 3.35. The van der Waals surface area contributed by atoms with E-state index in [4.69, 9.17) is 5.73 Å². The number of nitrogens with zero attached hydrogens (tertiary/aromatic N) is 1. The number of rotatable bonds is 2. The zero-order chi connectivity index (χ0) is 9.84. The molecule has 0 atom stereocenters. The van der Waals surface area contributed by atoms with Gasteiger partial charge in [0.15, 0.2) is 0 Å². The summed E-state index contributed by atoms with van der Waals surface area (Å²) >= 11 is 0. The Morgan fingerprint density at radius 3 is 2.31 bits per heavy atom. The summed E-state index contributed by atoms with van der Waals surface area (Å²) in [4.78, 5) is 13.1. The van der Waals surface area contributed by atoms with E-state index >= 15 is 0 Å². The maximum Gasteiger partial charge on any atom is 0.222 e. The molecule has 3 nitrogen and oxygen atoms in total. The molecule has 1 rings (SSSR count). The molecule has 0 aromatic carbocycles. The maximum absolute atomic E-state index is 11.4. The lowest BCUT2D eigenvalue weighted by Crippen LogP contribution is -2.30. The molecule has 0 aromatic heterocycles. The summed E-state index contributed by atoms with van der Waals surface area (Å²) in [5.41, 5.74) is 5.79. The molecule has 0 spiro atoms. The molecule has 0 heterocycles. The van der Waals surface area contributed by atoms with Gasteiger partial charge in [0, 0.05) is 26.6 Å². The highest BCUT2D eigenvalue weighted by Gasteiger charge is 2.21. The van der Waals surface area contributed by atoms with Gasteiger partial charge in [0.05, 0.1) is 0 Å². The lowest BCUT2D eigenvalue weighted by Gasteiger charge is -2.26. The Morgan fingerprint density at radius 1 is 1.31 bits per heavy atom. The van der Waals surface area contributed by atoms with Gasteiger partial charge >= 0.3 is 0 Å². The third-order valence-corrected chi connectivity index (χ3v) is 2.85. The molecular weight excluding hydrogens is 164 g/mol. The Kier molecular flexibility index (Phi) is 3.72. The van der Waals surface area contributed by atoms with E-state index in [9.17, 15) is 4.79 Å². The van der Waals surface area contributed by atoms with Gasteiger partial charge in [-0.25, -0.2) is 0 Å². The SMILES string of the molecule is CN(C)C(=O)C[C@H]1CC[C@@H](N)CC1. The second-order valence-electron chi connectivity index (χ2n) is 4.27. The van der Waals surface area contributed by atoms with Crippen LogP contribution in [0, 0.1) is 5.92 Å². The van der Waals surface area contributed by atoms with E-state index < -0.39 is 0 Å². The van der Waals surface area contributed by atoms with Crippen molar-refractivity contribution in [2.75, 3.05) is 14.1 Å². The van der Waals surface area contributed by atoms with E-state index in [1.807, 2.05) is 14.1 Å². The first kappa shape index (κ1) is 10.5. The van der Waals surface area contributed by atoms with Crippen molar-refractivity contribution in [1.29, 1.82) is 0 Å². The predicted octanol–water partition coefficient (Wildman–Crippen LogP) is 0.982. The molecule has 1 aliphatic carbocycles. The summed E-state index contributed by atoms with van der Waals surface area (Å²) in [6.07, 6.45) is 5.14. The lowest BCUT2D eigenvalue weighted by atomic mass is 9.84. The number of carbonyl (C=O) groups is 1. The molecule has 1 fully saturated rings. The molecule has 1 amide bonds. The second-order valence-corrected chi connectivity index (χ2v) is 4.27. The lowest BCUT2D eigenvalue weighted by molar-refractivity contribution is -0.129. The Balaban J connectivity index is 2.26. The van der Waals surface area contributed by atoms with Crippen LogP contribution in [-0.2, 0) is 4.79 Å². The third-order valence-electron chi connectivity index (χ3n) is 2.85. The average molecular weight is 184 g/mol. The highest BCUT2D eigenvalue weighted by molar-refractivity contribution is 5.75. The summed E-state index contributed by atoms with van der Waals surface area (Å²) in [6, 6.07) is 0.380. The molecule has 0 aliphatic heterocycles. The van der Waals surface area contributed by atoms with E-state index in [1.165, 1.54) is 0 Å². The molecule has 0 saturated heterocycles. The van der Waals surface area contributed by atoms with Gasteiger partial charge < -0.3 is 10.6 Å². The Hall–Kier alpha value is -0.570. The predicted molar refractivity (Wildman–Crippen MR) is 53.2 cm³/mol. The summed E-state index contributed by atoms with van der Waals surface area (Å²) < 4.78 is 0. The number of amides is 1. The van der Waals surface area contributed by atoms with Gasteiger partial charge in [-0.1, -0.05) is 0 Å². The van der Waals surface area contributed by atoms with Gasteiger partial charge in [-0.05, 0) is 31.6 Å². The van der Waals surface area contributed by atoms with E-state index in [2.05, 4.69) is 0 Å². The fourth-order valence-electron chi connectivity index (χ4n) is 1.82. The normalized spacial score (nSPS) is 28.5. The molecule has 0 bridgehead atoms. The van der Waals surface area contributed by atoms with Gasteiger partial charge in [-0.3, -0.25) is 4.79 Å². The number of nitrogens with two attached hydrogens (primary N) is 1. The fraction of sp³-hybridized carbons (Fsp3) is 0.900. The molecule has 1 aliphatic rings. The van der Waals surface area contributed by atoms with Crippen LogP contribution >= 0.6 is 0 Å². The Bertz CT molecular complexity index is 172. The van der Waals surface area contributed by atoms with Crippen molar-refractivity contribution >= 4 is 5.91 Å². The summed E-state index contributed by atoms with van der Waals surface area (Å²) in [5.74, 6) is 0.829. The molecule has 0 unspecified atom stereocenters. The minimum atomic E-state index is 0.250. The first-order valence-electron chi connectivity index (χ1n) is 5.05. The van der Waals surface area contributed by atoms with Gasteiger partial charge in [-0.2, -0.15) is 0 Å². The van der Waals surface area contributed by atoms with Crippen molar-refractivity contribution in [3.8, 4) is 0 Å². The highest BCUT2D eigenvalue weighted by atomic mass is 16.2. The van der Waals surface area contributed by atoms with Crippen LogP contribution in [-0.4, -0.2) is 30.9 Å². The van der Waals surface area contributed by atoms with Crippen molar-refractivity contribution in [3.63, 3.8) is 0 Å². The zero-order valence-electron chi connectivity index (χ0n) is 8.62. The van der Waals surface area contributed by atoms with Gasteiger partial charge in [0.2, 0.25) is 5.91 Å². The van der Waals surface area contributed by atoms with Gasteiger partial charge in [0.25, 0.3) is 0 Å². The maximum atomic E-state index is 11.4. The van der Waals surface area contributed by atoms with Crippen molar-refractivity contribution in [3.05, 3.63) is 0 Å². The summed E-state index contributed by atoms with van der Waals surface area (Å²) in [6.45, 7) is 0. The molecule has 1 saturated carbocycles. The summed E-state index contributed by atoms with van der Waals surface area (Å²) in [5, 5.41) is 0. The largest absolute Gasteiger partial charge is 0.349 e. The number of hydrogen-bond acceptors (Lipinski definition) is 2. The first-order chi connectivity index (χ1) is 6.09. The minimum absolute atomic E-state index is 0.250. The van der Waals surface area contributed by atoms with Crippen LogP contribution < -0.4 is 5.73 Å². The zero-order valence-corrected chi connectivity index (χ0v) is 8.62. The van der Waals surface area contributed by atoms with Crippen LogP contribution in [0.15, 0.2) is 0 Å². The monoisotopic (exact) mass is 184 g/mol. The standard InChI is InChI=1S/C10H20N2O/c1-12(2)10(13)7-8-3-5-9(11)6-4-8/h8-9H,3-7,11H2,1-2H3/t8-,9+. The second kappa shape index (κ2) is 4.61. The van der Waals surface area contributed by atoms with E-state index in [1.54, 1.807) is 4.90 Å². The van der Waals surface area contributed by atoms with Crippen molar-refractivity contribution in [1.82, 2.24) is 4.90 Å². The molecule has 2 N–H and O–H groups in total. The minimum Gasteiger partial charge on any atom is -0.349 e. The molecule has 0 radical (unpaired) electrons. The molecular formula is C10H20N2O. The Labute approximate surface area is 80.3 Å². The molecule has 3 heteroatoms. The van der Waals surface area contributed by atoms with Crippen LogP contribution in [0.3, 0.4) is 0 Å². The summed E-state index contributed by atoms with van der Waals surface area (Å²) in [7, 11) is 3.63. The molecule has 76 valence electrons. The van der Waals surface area contributed by atoms with Crippen molar-refractivity contribution in [2.24, 2.45) is 11.7 Å². The van der Waals surface area contributed by atoms with Crippen LogP contribution in [0.1, 0.15) is 32.1 Å². The fourth-order valence-corrected chi connectivity index (χ4v) is 1.82. The van der Waals surface area contributed by atoms with E-state index in [0.29, 0.717) is 18.4 Å². The highest BCUT2D eigenvalue weighted by Crippen LogP contribution is 2.26. The van der Waals surface area contributed by atoms with Crippen molar-refractivity contribution in [2.45, 2.75) is 38.1 Å². The molecule has 0 aromatic rings. The van der Waals surface area contributed by atoms with Gasteiger partial charge in [-0.15, -0.1) is 0 Å². The Morgan fingerprint density at radius 2 is 1.85 bits per heavy atom. The van der Waals surface area contributed by atoms with Crippen LogP contribution in [0.2, 0.25) is 0 Å². The van der Waals surface area contributed by atoms with E-state index in [0.717, 1.165) is 25.7 Å². The molecule has 13 heavy (non-hydrogen) atoms. The van der Waals surface area contributed by atoms with Crippen molar-refractivity contribution < 1.29 is 4.79 Å². The van der Waals surface area contributed by atoms with Crippen LogP contribution in [0.4, 0.5) is 0 Å². The number of hydrogen-bond donors (Lipinski definition) is 1. The van der Waals surface area contributed by atoms with Crippen LogP contribution in [0.5, 0.6) is 0 Å².